The van der Waals surface area contributed by atoms with Crippen LogP contribution < -0.4 is 5.73 Å². The summed E-state index contributed by atoms with van der Waals surface area (Å²) in [6.45, 7) is 2.45. The lowest BCUT2D eigenvalue weighted by Crippen LogP contribution is -2.42. The number of anilines is 1. The van der Waals surface area contributed by atoms with Gasteiger partial charge in [0.2, 0.25) is 5.95 Å². The van der Waals surface area contributed by atoms with Crippen molar-refractivity contribution in [3.63, 3.8) is 0 Å². The van der Waals surface area contributed by atoms with Crippen LogP contribution in [-0.2, 0) is 15.8 Å². The van der Waals surface area contributed by atoms with Crippen molar-refractivity contribution in [2.75, 3.05) is 12.3 Å². The van der Waals surface area contributed by atoms with Gasteiger partial charge in [-0.2, -0.15) is 31.3 Å². The zero-order chi connectivity index (χ0) is 24.5. The SMILES string of the molecule is CC(C)Sc1nc(N)nc2c1ncn2CCOC(CC(F)(F)F)(CC(F)(F)F)P(=O)(O)O. The highest BCUT2D eigenvalue weighted by molar-refractivity contribution is 8.00. The van der Waals surface area contributed by atoms with Crippen LogP contribution in [0.4, 0.5) is 32.3 Å². The first-order valence-electron chi connectivity index (χ1n) is 8.90. The number of nitrogen functional groups attached to an aromatic ring is 1. The molecular weight excluding hydrogens is 491 g/mol. The molecule has 2 heterocycles. The molecule has 182 valence electrons. The Kier molecular flexibility index (Phi) is 7.77. The van der Waals surface area contributed by atoms with Crippen molar-refractivity contribution < 1.29 is 45.4 Å². The number of fused-ring (bicyclic) bond motifs is 1. The fourth-order valence-electron chi connectivity index (χ4n) is 2.82. The summed E-state index contributed by atoms with van der Waals surface area (Å²) < 4.78 is 95.1. The molecule has 0 aromatic carbocycles. The van der Waals surface area contributed by atoms with E-state index in [0.717, 1.165) is 0 Å². The Morgan fingerprint density at radius 1 is 1.16 bits per heavy atom. The highest BCUT2D eigenvalue weighted by Crippen LogP contribution is 2.60. The fraction of sp³-hybridized carbons (Fsp3) is 0.667. The maximum atomic E-state index is 12.9. The number of hydrogen-bond acceptors (Lipinski definition) is 7. The van der Waals surface area contributed by atoms with Crippen molar-refractivity contribution in [2.24, 2.45) is 0 Å². The summed E-state index contributed by atoms with van der Waals surface area (Å²) in [5.41, 5.74) is 6.09. The number of alkyl halides is 6. The van der Waals surface area contributed by atoms with Gasteiger partial charge in [0.1, 0.15) is 10.5 Å². The van der Waals surface area contributed by atoms with Crippen LogP contribution in [0, 0.1) is 0 Å². The first kappa shape index (κ1) is 26.6. The average Bonchev–Trinajstić information content (AvgIpc) is 2.93. The van der Waals surface area contributed by atoms with Gasteiger partial charge in [-0.1, -0.05) is 13.8 Å². The van der Waals surface area contributed by atoms with E-state index in [1.165, 1.54) is 22.7 Å². The molecule has 17 heteroatoms. The van der Waals surface area contributed by atoms with Crippen LogP contribution >= 0.6 is 19.4 Å². The van der Waals surface area contributed by atoms with Crippen LogP contribution in [0.5, 0.6) is 0 Å². The van der Waals surface area contributed by atoms with Gasteiger partial charge in [0.15, 0.2) is 11.0 Å². The number of nitrogens with zero attached hydrogens (tertiary/aromatic N) is 4. The Balaban J connectivity index is 2.34. The molecule has 0 amide bonds. The predicted octanol–water partition coefficient (Wildman–Crippen LogP) is 3.70. The van der Waals surface area contributed by atoms with E-state index in [0.29, 0.717) is 10.5 Å². The fourth-order valence-corrected chi connectivity index (χ4v) is 4.70. The lowest BCUT2D eigenvalue weighted by atomic mass is 10.1. The number of hydrogen-bond donors (Lipinski definition) is 3. The summed E-state index contributed by atoms with van der Waals surface area (Å²) in [5, 5.41) is -3.32. The molecule has 9 nitrogen and oxygen atoms in total. The Morgan fingerprint density at radius 3 is 2.19 bits per heavy atom. The molecular formula is C15H20F6N5O4PS. The predicted molar refractivity (Wildman–Crippen MR) is 103 cm³/mol. The summed E-state index contributed by atoms with van der Waals surface area (Å²) in [6.07, 6.45) is -14.5. The maximum absolute atomic E-state index is 12.9. The molecule has 32 heavy (non-hydrogen) atoms. The Labute approximate surface area is 181 Å². The minimum absolute atomic E-state index is 0.0922. The van der Waals surface area contributed by atoms with E-state index >= 15 is 0 Å². The highest BCUT2D eigenvalue weighted by Gasteiger charge is 2.59. The van der Waals surface area contributed by atoms with Crippen LogP contribution in [0.15, 0.2) is 11.4 Å². The lowest BCUT2D eigenvalue weighted by Gasteiger charge is -2.35. The van der Waals surface area contributed by atoms with Crippen LogP contribution in [-0.4, -0.2) is 58.9 Å². The normalized spacial score (nSPS) is 14.0. The van der Waals surface area contributed by atoms with Gasteiger partial charge in [-0.15, -0.1) is 11.8 Å². The summed E-state index contributed by atoms with van der Waals surface area (Å²) in [5.74, 6) is -0.137. The molecule has 0 bridgehead atoms. The largest absolute Gasteiger partial charge is 0.392 e. The molecule has 0 radical (unpaired) electrons. The highest BCUT2D eigenvalue weighted by atomic mass is 32.2. The molecule has 0 fully saturated rings. The molecule has 0 aliphatic carbocycles. The number of aromatic nitrogens is 4. The van der Waals surface area contributed by atoms with Crippen molar-refractivity contribution in [3.05, 3.63) is 6.33 Å². The number of ether oxygens (including phenoxy) is 1. The van der Waals surface area contributed by atoms with Gasteiger partial charge in [0.05, 0.1) is 25.8 Å². The second kappa shape index (κ2) is 9.33. The summed E-state index contributed by atoms with van der Waals surface area (Å²) >= 11 is 1.31. The number of thioether (sulfide) groups is 1. The first-order chi connectivity index (χ1) is 14.4. The minimum atomic E-state index is -6.02. The van der Waals surface area contributed by atoms with Gasteiger partial charge < -0.3 is 24.8 Å². The van der Waals surface area contributed by atoms with E-state index in [4.69, 9.17) is 5.73 Å². The standard InChI is InChI=1S/C15H20F6N5O4PS/c1-8(2)32-11-9-10(24-12(22)25-11)26(7-23-9)3-4-30-13(31(27,28)29,5-14(16,17)18)6-15(19,20)21/h7-8H,3-6H2,1-2H3,(H2,22,24,25)(H2,27,28,29). The first-order valence-corrected chi connectivity index (χ1v) is 11.4. The average molecular weight is 511 g/mol. The van der Waals surface area contributed by atoms with Crippen LogP contribution in [0.1, 0.15) is 26.7 Å². The molecule has 2 aromatic heterocycles. The van der Waals surface area contributed by atoms with Crippen molar-refractivity contribution in [3.8, 4) is 0 Å². The zero-order valence-electron chi connectivity index (χ0n) is 16.7. The molecule has 0 unspecified atom stereocenters. The van der Waals surface area contributed by atoms with Gasteiger partial charge in [0, 0.05) is 11.8 Å². The lowest BCUT2D eigenvalue weighted by molar-refractivity contribution is -0.211. The van der Waals surface area contributed by atoms with Crippen LogP contribution in [0.2, 0.25) is 0 Å². The van der Waals surface area contributed by atoms with Gasteiger partial charge in [-0.25, -0.2) is 9.97 Å². The number of imidazole rings is 1. The van der Waals surface area contributed by atoms with Gasteiger partial charge >= 0.3 is 19.9 Å². The third-order valence-corrected chi connectivity index (χ3v) is 6.47. The van der Waals surface area contributed by atoms with Gasteiger partial charge in [-0.05, 0) is 0 Å². The zero-order valence-corrected chi connectivity index (χ0v) is 18.4. The molecule has 0 aliphatic rings. The molecule has 0 spiro atoms. The van der Waals surface area contributed by atoms with E-state index in [1.807, 2.05) is 13.8 Å². The van der Waals surface area contributed by atoms with Crippen molar-refractivity contribution >= 4 is 36.5 Å². The number of rotatable bonds is 9. The quantitative estimate of drug-likeness (QED) is 0.199. The molecule has 0 atom stereocenters. The minimum Gasteiger partial charge on any atom is -0.368 e. The second-order valence-electron chi connectivity index (χ2n) is 7.09. The molecule has 0 saturated heterocycles. The van der Waals surface area contributed by atoms with E-state index < -0.39 is 51.3 Å². The summed E-state index contributed by atoms with van der Waals surface area (Å²) in [7, 11) is -6.02. The second-order valence-corrected chi connectivity index (χ2v) is 10.6. The van der Waals surface area contributed by atoms with E-state index in [1.54, 1.807) is 0 Å². The monoisotopic (exact) mass is 511 g/mol. The maximum Gasteiger partial charge on any atom is 0.392 e. The number of halogens is 6. The number of nitrogens with two attached hydrogens (primary N) is 1. The van der Waals surface area contributed by atoms with Crippen molar-refractivity contribution in [1.29, 1.82) is 0 Å². The third kappa shape index (κ3) is 6.94. The molecule has 0 saturated carbocycles. The van der Waals surface area contributed by atoms with Gasteiger partial charge in [0.25, 0.3) is 0 Å². The summed E-state index contributed by atoms with van der Waals surface area (Å²) in [4.78, 5) is 30.9. The van der Waals surface area contributed by atoms with Crippen molar-refractivity contribution in [2.45, 2.75) is 61.2 Å². The topological polar surface area (TPSA) is 136 Å². The van der Waals surface area contributed by atoms with Gasteiger partial charge in [-0.3, -0.25) is 4.57 Å². The Hall–Kier alpha value is -1.61. The Bertz CT molecular complexity index is 977. The Morgan fingerprint density at radius 2 is 1.72 bits per heavy atom. The molecule has 2 aromatic rings. The summed E-state index contributed by atoms with van der Waals surface area (Å²) in [6, 6.07) is 0. The van der Waals surface area contributed by atoms with Crippen LogP contribution in [0.3, 0.4) is 0 Å². The molecule has 0 aliphatic heterocycles. The third-order valence-electron chi connectivity index (χ3n) is 3.98. The van der Waals surface area contributed by atoms with E-state index in [9.17, 15) is 40.7 Å². The van der Waals surface area contributed by atoms with E-state index in [2.05, 4.69) is 19.7 Å². The molecule has 4 N–H and O–H groups in total. The van der Waals surface area contributed by atoms with Crippen molar-refractivity contribution in [1.82, 2.24) is 19.5 Å². The van der Waals surface area contributed by atoms with E-state index in [-0.39, 0.29) is 16.8 Å². The molecule has 2 rings (SSSR count). The smallest absolute Gasteiger partial charge is 0.368 e. The van der Waals surface area contributed by atoms with Crippen LogP contribution in [0.25, 0.3) is 11.2 Å².